The first-order chi connectivity index (χ1) is 3.88. The Morgan fingerprint density at radius 1 is 1.25 bits per heavy atom. The molecule has 0 saturated heterocycles. The zero-order chi connectivity index (χ0) is 5.30. The summed E-state index contributed by atoms with van der Waals surface area (Å²) in [7, 11) is 0. The molecule has 0 aliphatic heterocycles. The second-order valence-electron chi connectivity index (χ2n) is 3.45. The summed E-state index contributed by atoms with van der Waals surface area (Å²) in [6.45, 7) is 0. The van der Waals surface area contributed by atoms with E-state index in [2.05, 4.69) is 0 Å². The zero-order valence-corrected chi connectivity index (χ0v) is 4.67. The highest BCUT2D eigenvalue weighted by atomic mass is 16.1. The molecule has 2 atom stereocenters. The van der Waals surface area contributed by atoms with Gasteiger partial charge in [0.15, 0.2) is 0 Å². The van der Waals surface area contributed by atoms with Crippen molar-refractivity contribution in [3.8, 4) is 0 Å². The summed E-state index contributed by atoms with van der Waals surface area (Å²) in [4.78, 5) is 9.27. The molecule has 0 amide bonds. The van der Waals surface area contributed by atoms with E-state index < -0.39 is 0 Å². The average Bonchev–Trinajstić information content (AvgIpc) is 2.23. The molecule has 4 aliphatic carbocycles. The maximum Gasteiger partial charge on any atom is 0.299 e. The molecule has 4 rings (SSSR count). The van der Waals surface area contributed by atoms with Crippen molar-refractivity contribution < 1.29 is 4.79 Å². The summed E-state index contributed by atoms with van der Waals surface area (Å²) >= 11 is 0. The second kappa shape index (κ2) is 0.772. The quantitative estimate of drug-likeness (QED) is 0.411. The van der Waals surface area contributed by atoms with E-state index in [4.69, 9.17) is 0 Å². The number of rotatable bonds is 0. The topological polar surface area (TPSA) is 21.4 Å². The molecule has 0 aromatic heterocycles. The Balaban J connectivity index is 2.21. The van der Waals surface area contributed by atoms with Crippen LogP contribution in [0, 0.1) is 23.7 Å². The molecule has 4 bridgehead atoms. The van der Waals surface area contributed by atoms with Crippen molar-refractivity contribution in [2.75, 3.05) is 0 Å². The lowest BCUT2D eigenvalue weighted by molar-refractivity contribution is 0.617. The van der Waals surface area contributed by atoms with E-state index in [-0.39, 0.29) is 0 Å². The highest BCUT2D eigenvalue weighted by Crippen LogP contribution is 2.68. The highest BCUT2D eigenvalue weighted by Gasteiger charge is 2.72. The molecule has 0 radical (unpaired) electrons. The molecule has 42 valence electrons. The van der Waals surface area contributed by atoms with E-state index in [0.29, 0.717) is 11.8 Å². The van der Waals surface area contributed by atoms with E-state index >= 15 is 0 Å². The van der Waals surface area contributed by atoms with Crippen molar-refractivity contribution in [2.24, 2.45) is 23.7 Å². The molecule has 4 saturated carbocycles. The fraction of sp³-hybridized carbons (Fsp3) is 0.857. The van der Waals surface area contributed by atoms with Crippen molar-refractivity contribution in [3.63, 3.8) is 0 Å². The molecule has 0 aromatic carbocycles. The predicted molar refractivity (Wildman–Crippen MR) is 30.1 cm³/mol. The van der Waals surface area contributed by atoms with Crippen LogP contribution < -0.4 is 0 Å². The van der Waals surface area contributed by atoms with Gasteiger partial charge in [0.25, 0.3) is 5.78 Å². The third-order valence-corrected chi connectivity index (χ3v) is 3.20. The standard InChI is InChI=1S/C7H8O/c8-7-3-1-4-5(2-3)6(4)7/h3-6H,1-2H2/p+1. The Kier molecular flexibility index (Phi) is 0.352. The lowest BCUT2D eigenvalue weighted by Gasteiger charge is -1.85. The number of hydrogen-bond donors (Lipinski definition) is 0. The first-order valence-electron chi connectivity index (χ1n) is 3.43. The van der Waals surface area contributed by atoms with Gasteiger partial charge in [-0.05, 0) is 24.7 Å². The molecular formula is C7H9O+. The van der Waals surface area contributed by atoms with Crippen molar-refractivity contribution in [1.29, 1.82) is 0 Å². The Labute approximate surface area is 48.1 Å². The van der Waals surface area contributed by atoms with Crippen LogP contribution >= 0.6 is 0 Å². The van der Waals surface area contributed by atoms with E-state index in [9.17, 15) is 4.79 Å². The summed E-state index contributed by atoms with van der Waals surface area (Å²) in [5.74, 6) is 4.09. The number of hydrogen-bond acceptors (Lipinski definition) is 0. The molecule has 0 heterocycles. The molecule has 1 heteroatoms. The second-order valence-corrected chi connectivity index (χ2v) is 3.45. The maximum atomic E-state index is 9.27. The summed E-state index contributed by atoms with van der Waals surface area (Å²) in [6.07, 6.45) is 2.64. The van der Waals surface area contributed by atoms with Gasteiger partial charge in [-0.1, -0.05) is 0 Å². The Hall–Kier alpha value is -0.330. The molecule has 2 unspecified atom stereocenters. The largest absolute Gasteiger partial charge is 0.299 e. The van der Waals surface area contributed by atoms with E-state index in [0.717, 1.165) is 17.6 Å². The smallest absolute Gasteiger partial charge is 0.283 e. The van der Waals surface area contributed by atoms with Crippen molar-refractivity contribution in [3.05, 3.63) is 0 Å². The van der Waals surface area contributed by atoms with E-state index in [1.54, 1.807) is 0 Å². The normalized spacial score (nSPS) is 64.8. The fourth-order valence-corrected chi connectivity index (χ4v) is 2.79. The molecular weight excluding hydrogens is 100 g/mol. The van der Waals surface area contributed by atoms with Gasteiger partial charge in [-0.15, -0.1) is 0 Å². The van der Waals surface area contributed by atoms with Crippen LogP contribution in [0.25, 0.3) is 0 Å². The van der Waals surface area contributed by atoms with Gasteiger partial charge < -0.3 is 0 Å². The number of ketones is 1. The molecule has 0 spiro atoms. The summed E-state index contributed by atoms with van der Waals surface area (Å²) in [6, 6.07) is 0. The van der Waals surface area contributed by atoms with Crippen molar-refractivity contribution >= 4 is 5.78 Å². The van der Waals surface area contributed by atoms with Gasteiger partial charge in [0.2, 0.25) is 0 Å². The van der Waals surface area contributed by atoms with Gasteiger partial charge in [0.1, 0.15) is 0 Å². The number of carbonyl (C=O) groups excluding carboxylic acids is 1. The lowest BCUT2D eigenvalue weighted by atomic mass is 10.1. The first kappa shape index (κ1) is 3.65. The predicted octanol–water partition coefficient (Wildman–Crippen LogP) is 0.817. The van der Waals surface area contributed by atoms with E-state index in [1.165, 1.54) is 12.8 Å². The third kappa shape index (κ3) is 0.188. The van der Waals surface area contributed by atoms with Crippen LogP contribution in [0.15, 0.2) is 0 Å². The van der Waals surface area contributed by atoms with Crippen LogP contribution in [0.1, 0.15) is 12.8 Å². The van der Waals surface area contributed by atoms with Gasteiger partial charge in [0, 0.05) is 0 Å². The SMILES string of the molecule is [OH+]=C1C2CC3C(C2)C13. The third-order valence-electron chi connectivity index (χ3n) is 3.20. The molecule has 8 heavy (non-hydrogen) atoms. The minimum absolute atomic E-state index is 0.648. The maximum absolute atomic E-state index is 9.27. The average molecular weight is 109 g/mol. The molecule has 4 fully saturated rings. The zero-order valence-electron chi connectivity index (χ0n) is 4.67. The summed E-state index contributed by atoms with van der Waals surface area (Å²) < 4.78 is 0. The van der Waals surface area contributed by atoms with Gasteiger partial charge in [0.05, 0.1) is 11.8 Å². The van der Waals surface area contributed by atoms with Gasteiger partial charge in [-0.2, -0.15) is 0 Å². The molecule has 1 N–H and O–H groups in total. The fourth-order valence-electron chi connectivity index (χ4n) is 2.79. The molecule has 1 nitrogen and oxygen atoms in total. The van der Waals surface area contributed by atoms with Crippen LogP contribution in [0.2, 0.25) is 0 Å². The Bertz CT molecular complexity index is 157. The first-order valence-corrected chi connectivity index (χ1v) is 3.43. The molecule has 4 aliphatic rings. The summed E-state index contributed by atoms with van der Waals surface area (Å²) in [5, 5.41) is 0. The van der Waals surface area contributed by atoms with E-state index in [1.807, 2.05) is 0 Å². The highest BCUT2D eigenvalue weighted by molar-refractivity contribution is 5.93. The van der Waals surface area contributed by atoms with Crippen LogP contribution in [0.4, 0.5) is 0 Å². The Morgan fingerprint density at radius 2 is 1.88 bits per heavy atom. The van der Waals surface area contributed by atoms with Crippen LogP contribution in [0.3, 0.4) is 0 Å². The van der Waals surface area contributed by atoms with Gasteiger partial charge in [-0.3, -0.25) is 4.79 Å². The van der Waals surface area contributed by atoms with Crippen molar-refractivity contribution in [2.45, 2.75) is 12.8 Å². The minimum Gasteiger partial charge on any atom is -0.283 e. The van der Waals surface area contributed by atoms with Gasteiger partial charge >= 0.3 is 0 Å². The molecule has 0 aromatic rings. The van der Waals surface area contributed by atoms with Gasteiger partial charge in [-0.25, -0.2) is 0 Å². The minimum atomic E-state index is 0.648. The monoisotopic (exact) mass is 109 g/mol. The Morgan fingerprint density at radius 3 is 2.00 bits per heavy atom. The van der Waals surface area contributed by atoms with Crippen LogP contribution in [-0.2, 0) is 0 Å². The van der Waals surface area contributed by atoms with Crippen molar-refractivity contribution in [1.82, 2.24) is 0 Å². The lowest BCUT2D eigenvalue weighted by Crippen LogP contribution is -2.00. The summed E-state index contributed by atoms with van der Waals surface area (Å²) in [5.41, 5.74) is 0. The van der Waals surface area contributed by atoms with Crippen LogP contribution in [0.5, 0.6) is 0 Å². The van der Waals surface area contributed by atoms with Crippen LogP contribution in [-0.4, -0.2) is 10.6 Å².